The Balaban J connectivity index is 1.67. The third-order valence-electron chi connectivity index (χ3n) is 4.26. The zero-order valence-electron chi connectivity index (χ0n) is 13.4. The number of carbonyl (C=O) groups is 1. The SMILES string of the molecule is O=C(NCc1cn(-c2ccccc2)nc1-c1ccccc1)C1CC1. The van der Waals surface area contributed by atoms with Crippen LogP contribution in [0.15, 0.2) is 66.9 Å². The monoisotopic (exact) mass is 317 g/mol. The highest BCUT2D eigenvalue weighted by Gasteiger charge is 2.29. The standard InChI is InChI=1S/C20H19N3O/c24-20(16-11-12-16)21-13-17-14-23(18-9-5-2-6-10-18)22-19(17)15-7-3-1-4-8-15/h1-10,14,16H,11-13H2,(H,21,24). The van der Waals surface area contributed by atoms with Crippen molar-refractivity contribution in [1.29, 1.82) is 0 Å². The Morgan fingerprint density at radius 2 is 1.71 bits per heavy atom. The Labute approximate surface area is 141 Å². The first-order chi connectivity index (χ1) is 11.8. The molecule has 0 saturated heterocycles. The van der Waals surface area contributed by atoms with Crippen LogP contribution in [0.1, 0.15) is 18.4 Å². The van der Waals surface area contributed by atoms with Gasteiger partial charge in [0, 0.05) is 29.8 Å². The van der Waals surface area contributed by atoms with Crippen molar-refractivity contribution in [2.45, 2.75) is 19.4 Å². The first kappa shape index (κ1) is 14.7. The molecule has 1 aliphatic carbocycles. The van der Waals surface area contributed by atoms with Gasteiger partial charge in [-0.3, -0.25) is 4.79 Å². The van der Waals surface area contributed by atoms with Crippen LogP contribution < -0.4 is 5.32 Å². The summed E-state index contributed by atoms with van der Waals surface area (Å²) in [4.78, 5) is 12.0. The van der Waals surface area contributed by atoms with E-state index in [4.69, 9.17) is 5.10 Å². The summed E-state index contributed by atoms with van der Waals surface area (Å²) in [5.41, 5.74) is 4.01. The average molecular weight is 317 g/mol. The zero-order valence-corrected chi connectivity index (χ0v) is 13.4. The lowest BCUT2D eigenvalue weighted by atomic mass is 10.1. The summed E-state index contributed by atoms with van der Waals surface area (Å²) >= 11 is 0. The summed E-state index contributed by atoms with van der Waals surface area (Å²) < 4.78 is 1.88. The van der Waals surface area contributed by atoms with Crippen LogP contribution >= 0.6 is 0 Å². The maximum atomic E-state index is 12.0. The molecule has 3 aromatic rings. The second-order valence-corrected chi connectivity index (χ2v) is 6.14. The normalized spacial score (nSPS) is 13.7. The topological polar surface area (TPSA) is 46.9 Å². The first-order valence-electron chi connectivity index (χ1n) is 8.28. The molecule has 4 nitrogen and oxygen atoms in total. The maximum Gasteiger partial charge on any atom is 0.223 e. The molecule has 1 saturated carbocycles. The molecule has 1 heterocycles. The summed E-state index contributed by atoms with van der Waals surface area (Å²) in [5, 5.41) is 7.80. The number of hydrogen-bond acceptors (Lipinski definition) is 2. The van der Waals surface area contributed by atoms with E-state index in [0.717, 1.165) is 35.3 Å². The molecule has 0 aliphatic heterocycles. The van der Waals surface area contributed by atoms with Crippen LogP contribution in [0.25, 0.3) is 16.9 Å². The smallest absolute Gasteiger partial charge is 0.223 e. The molecule has 1 amide bonds. The van der Waals surface area contributed by atoms with Gasteiger partial charge in [0.2, 0.25) is 5.91 Å². The predicted molar refractivity (Wildman–Crippen MR) is 93.6 cm³/mol. The lowest BCUT2D eigenvalue weighted by Crippen LogP contribution is -2.24. The van der Waals surface area contributed by atoms with Crippen molar-refractivity contribution in [2.75, 3.05) is 0 Å². The molecule has 0 spiro atoms. The van der Waals surface area contributed by atoms with Gasteiger partial charge < -0.3 is 5.32 Å². The van der Waals surface area contributed by atoms with Crippen LogP contribution in [-0.2, 0) is 11.3 Å². The Hall–Kier alpha value is -2.88. The van der Waals surface area contributed by atoms with Crippen LogP contribution in [0.3, 0.4) is 0 Å². The van der Waals surface area contributed by atoms with Crippen molar-refractivity contribution in [1.82, 2.24) is 15.1 Å². The summed E-state index contributed by atoms with van der Waals surface area (Å²) in [5.74, 6) is 0.371. The number of nitrogens with zero attached hydrogens (tertiary/aromatic N) is 2. The molecule has 120 valence electrons. The van der Waals surface area contributed by atoms with Crippen LogP contribution in [-0.4, -0.2) is 15.7 Å². The lowest BCUT2D eigenvalue weighted by Gasteiger charge is -2.04. The highest BCUT2D eigenvalue weighted by molar-refractivity contribution is 5.81. The molecule has 4 heteroatoms. The van der Waals surface area contributed by atoms with Crippen molar-refractivity contribution < 1.29 is 4.79 Å². The van der Waals surface area contributed by atoms with E-state index in [9.17, 15) is 4.79 Å². The molecular weight excluding hydrogens is 298 g/mol. The van der Waals surface area contributed by atoms with Crippen molar-refractivity contribution in [3.63, 3.8) is 0 Å². The average Bonchev–Trinajstić information content (AvgIpc) is 3.41. The van der Waals surface area contributed by atoms with E-state index in [1.807, 2.05) is 71.5 Å². The lowest BCUT2D eigenvalue weighted by molar-refractivity contribution is -0.122. The van der Waals surface area contributed by atoms with Crippen LogP contribution in [0.4, 0.5) is 0 Å². The van der Waals surface area contributed by atoms with Crippen LogP contribution in [0.2, 0.25) is 0 Å². The maximum absolute atomic E-state index is 12.0. The molecular formula is C20H19N3O. The quantitative estimate of drug-likeness (QED) is 0.782. The molecule has 0 bridgehead atoms. The van der Waals surface area contributed by atoms with E-state index < -0.39 is 0 Å². The van der Waals surface area contributed by atoms with Gasteiger partial charge in [0.1, 0.15) is 0 Å². The summed E-state index contributed by atoms with van der Waals surface area (Å²) in [7, 11) is 0. The third-order valence-corrected chi connectivity index (χ3v) is 4.26. The molecule has 1 N–H and O–H groups in total. The predicted octanol–water partition coefficient (Wildman–Crippen LogP) is 3.57. The molecule has 1 aliphatic rings. The van der Waals surface area contributed by atoms with Gasteiger partial charge in [-0.15, -0.1) is 0 Å². The molecule has 24 heavy (non-hydrogen) atoms. The van der Waals surface area contributed by atoms with Gasteiger partial charge in [-0.25, -0.2) is 4.68 Å². The number of amides is 1. The second kappa shape index (κ2) is 6.32. The Bertz CT molecular complexity index is 836. The minimum atomic E-state index is 0.154. The van der Waals surface area contributed by atoms with Crippen molar-refractivity contribution in [3.8, 4) is 16.9 Å². The molecule has 4 rings (SSSR count). The molecule has 1 aromatic heterocycles. The van der Waals surface area contributed by atoms with Gasteiger partial charge in [0.15, 0.2) is 0 Å². The van der Waals surface area contributed by atoms with E-state index in [1.165, 1.54) is 0 Å². The van der Waals surface area contributed by atoms with Gasteiger partial charge >= 0.3 is 0 Å². The summed E-state index contributed by atoms with van der Waals surface area (Å²) in [6.45, 7) is 0.506. The molecule has 1 fully saturated rings. The highest BCUT2D eigenvalue weighted by atomic mass is 16.2. The van der Waals surface area contributed by atoms with E-state index in [0.29, 0.717) is 6.54 Å². The Kier molecular flexibility index (Phi) is 3.87. The molecule has 0 unspecified atom stereocenters. The van der Waals surface area contributed by atoms with Gasteiger partial charge in [0.05, 0.1) is 11.4 Å². The number of benzene rings is 2. The zero-order chi connectivity index (χ0) is 16.4. The van der Waals surface area contributed by atoms with Gasteiger partial charge in [-0.2, -0.15) is 5.10 Å². The van der Waals surface area contributed by atoms with Crippen molar-refractivity contribution in [2.24, 2.45) is 5.92 Å². The second-order valence-electron chi connectivity index (χ2n) is 6.14. The van der Waals surface area contributed by atoms with E-state index in [-0.39, 0.29) is 11.8 Å². The number of aromatic nitrogens is 2. The fraction of sp³-hybridized carbons (Fsp3) is 0.200. The third kappa shape index (κ3) is 3.08. The number of para-hydroxylation sites is 1. The first-order valence-corrected chi connectivity index (χ1v) is 8.28. The number of carbonyl (C=O) groups excluding carboxylic acids is 1. The Morgan fingerprint density at radius 3 is 2.38 bits per heavy atom. The van der Waals surface area contributed by atoms with E-state index >= 15 is 0 Å². The minimum Gasteiger partial charge on any atom is -0.352 e. The van der Waals surface area contributed by atoms with E-state index in [1.54, 1.807) is 0 Å². The van der Waals surface area contributed by atoms with Crippen molar-refractivity contribution >= 4 is 5.91 Å². The minimum absolute atomic E-state index is 0.154. The number of nitrogens with one attached hydrogen (secondary N) is 1. The van der Waals surface area contributed by atoms with E-state index in [2.05, 4.69) is 5.32 Å². The van der Waals surface area contributed by atoms with Crippen LogP contribution in [0, 0.1) is 5.92 Å². The summed E-state index contributed by atoms with van der Waals surface area (Å²) in [6, 6.07) is 20.1. The molecule has 0 atom stereocenters. The largest absolute Gasteiger partial charge is 0.352 e. The fourth-order valence-corrected chi connectivity index (χ4v) is 2.76. The highest BCUT2D eigenvalue weighted by Crippen LogP contribution is 2.29. The summed E-state index contributed by atoms with van der Waals surface area (Å²) in [6.07, 6.45) is 4.03. The number of rotatable bonds is 5. The van der Waals surface area contributed by atoms with Gasteiger partial charge in [-0.1, -0.05) is 48.5 Å². The van der Waals surface area contributed by atoms with Gasteiger partial charge in [-0.05, 0) is 25.0 Å². The van der Waals surface area contributed by atoms with Crippen LogP contribution in [0.5, 0.6) is 0 Å². The van der Waals surface area contributed by atoms with Gasteiger partial charge in [0.25, 0.3) is 0 Å². The molecule has 2 aromatic carbocycles. The Morgan fingerprint density at radius 1 is 1.04 bits per heavy atom. The number of hydrogen-bond donors (Lipinski definition) is 1. The molecule has 0 radical (unpaired) electrons. The van der Waals surface area contributed by atoms with Crippen molar-refractivity contribution in [3.05, 3.63) is 72.4 Å². The fourth-order valence-electron chi connectivity index (χ4n) is 2.76.